The van der Waals surface area contributed by atoms with Crippen molar-refractivity contribution in [1.29, 1.82) is 0 Å². The zero-order chi connectivity index (χ0) is 13.7. The zero-order valence-corrected chi connectivity index (χ0v) is 10.6. The summed E-state index contributed by atoms with van der Waals surface area (Å²) in [4.78, 5) is 11.6. The molecule has 0 spiro atoms. The highest BCUT2D eigenvalue weighted by Gasteiger charge is 2.20. The van der Waals surface area contributed by atoms with E-state index in [1.165, 1.54) is 0 Å². The molecule has 6 heteroatoms. The molecule has 1 amide bonds. The number of piperidine rings is 1. The van der Waals surface area contributed by atoms with Crippen LogP contribution in [-0.4, -0.2) is 29.5 Å². The van der Waals surface area contributed by atoms with Crippen LogP contribution in [0.3, 0.4) is 0 Å². The summed E-state index contributed by atoms with van der Waals surface area (Å²) in [5.41, 5.74) is 7.20. The first kappa shape index (κ1) is 13.4. The van der Waals surface area contributed by atoms with Gasteiger partial charge in [0.25, 0.3) is 0 Å². The number of carbonyl (C=O) groups excluding carboxylic acids is 1. The Hall–Kier alpha value is -2.08. The first-order valence-electron chi connectivity index (χ1n) is 6.28. The minimum absolute atomic E-state index is 0.0690. The van der Waals surface area contributed by atoms with E-state index in [1.807, 2.05) is 12.1 Å². The van der Waals surface area contributed by atoms with Crippen LogP contribution in [-0.2, 0) is 11.3 Å². The Kier molecular flexibility index (Phi) is 4.35. The number of amidine groups is 1. The Labute approximate surface area is 111 Å². The van der Waals surface area contributed by atoms with Crippen molar-refractivity contribution < 1.29 is 10.0 Å². The first-order chi connectivity index (χ1) is 9.20. The van der Waals surface area contributed by atoms with Crippen LogP contribution < -0.4 is 16.4 Å². The highest BCUT2D eigenvalue weighted by atomic mass is 16.4. The molecule has 2 rings (SSSR count). The van der Waals surface area contributed by atoms with Crippen LogP contribution in [0, 0.1) is 0 Å². The second-order valence-corrected chi connectivity index (χ2v) is 4.55. The van der Waals surface area contributed by atoms with Gasteiger partial charge < -0.3 is 21.6 Å². The second kappa shape index (κ2) is 6.19. The SMILES string of the molecule is NC(=NO)c1ccc(CNC2CCCNC2=O)cc1. The second-order valence-electron chi connectivity index (χ2n) is 4.55. The topological polar surface area (TPSA) is 99.7 Å². The molecular weight excluding hydrogens is 244 g/mol. The summed E-state index contributed by atoms with van der Waals surface area (Å²) >= 11 is 0. The maximum Gasteiger partial charge on any atom is 0.237 e. The van der Waals surface area contributed by atoms with Crippen molar-refractivity contribution in [3.8, 4) is 0 Å². The molecule has 1 aliphatic rings. The van der Waals surface area contributed by atoms with Crippen LogP contribution in [0.4, 0.5) is 0 Å². The molecule has 0 aliphatic carbocycles. The first-order valence-corrected chi connectivity index (χ1v) is 6.28. The van der Waals surface area contributed by atoms with Crippen molar-refractivity contribution in [2.24, 2.45) is 10.9 Å². The number of oxime groups is 1. The van der Waals surface area contributed by atoms with Gasteiger partial charge in [-0.15, -0.1) is 0 Å². The molecule has 5 N–H and O–H groups in total. The fourth-order valence-electron chi connectivity index (χ4n) is 2.06. The van der Waals surface area contributed by atoms with Gasteiger partial charge in [0.1, 0.15) is 0 Å². The molecule has 0 bridgehead atoms. The van der Waals surface area contributed by atoms with E-state index < -0.39 is 0 Å². The molecule has 0 radical (unpaired) electrons. The average Bonchev–Trinajstić information content (AvgIpc) is 2.46. The molecule has 1 aromatic rings. The van der Waals surface area contributed by atoms with Crippen molar-refractivity contribution in [1.82, 2.24) is 10.6 Å². The van der Waals surface area contributed by atoms with Crippen LogP contribution in [0.25, 0.3) is 0 Å². The lowest BCUT2D eigenvalue weighted by atomic mass is 10.1. The van der Waals surface area contributed by atoms with E-state index in [4.69, 9.17) is 10.9 Å². The Morgan fingerprint density at radius 3 is 2.84 bits per heavy atom. The number of nitrogens with zero attached hydrogens (tertiary/aromatic N) is 1. The van der Waals surface area contributed by atoms with E-state index in [2.05, 4.69) is 15.8 Å². The fourth-order valence-corrected chi connectivity index (χ4v) is 2.06. The van der Waals surface area contributed by atoms with Crippen molar-refractivity contribution in [2.45, 2.75) is 25.4 Å². The molecule has 102 valence electrons. The number of hydrogen-bond acceptors (Lipinski definition) is 4. The Morgan fingerprint density at radius 1 is 1.47 bits per heavy atom. The van der Waals surface area contributed by atoms with Gasteiger partial charge >= 0.3 is 0 Å². The highest BCUT2D eigenvalue weighted by Crippen LogP contribution is 2.07. The number of rotatable bonds is 4. The normalized spacial score (nSPS) is 20.1. The molecule has 19 heavy (non-hydrogen) atoms. The van der Waals surface area contributed by atoms with Gasteiger partial charge in [-0.05, 0) is 18.4 Å². The summed E-state index contributed by atoms with van der Waals surface area (Å²) in [6, 6.07) is 7.24. The van der Waals surface area contributed by atoms with Gasteiger partial charge in [-0.25, -0.2) is 0 Å². The lowest BCUT2D eigenvalue weighted by molar-refractivity contribution is -0.124. The van der Waals surface area contributed by atoms with Crippen molar-refractivity contribution in [2.75, 3.05) is 6.54 Å². The van der Waals surface area contributed by atoms with Crippen LogP contribution in [0.1, 0.15) is 24.0 Å². The van der Waals surface area contributed by atoms with Crippen molar-refractivity contribution in [3.63, 3.8) is 0 Å². The number of carbonyl (C=O) groups is 1. The molecular formula is C13H18N4O2. The molecule has 1 aliphatic heterocycles. The third-order valence-electron chi connectivity index (χ3n) is 3.20. The molecule has 1 atom stereocenters. The van der Waals surface area contributed by atoms with Gasteiger partial charge in [-0.1, -0.05) is 29.4 Å². The predicted molar refractivity (Wildman–Crippen MR) is 71.8 cm³/mol. The number of nitrogens with one attached hydrogen (secondary N) is 2. The van der Waals surface area contributed by atoms with E-state index in [9.17, 15) is 4.79 Å². The van der Waals surface area contributed by atoms with E-state index in [1.54, 1.807) is 12.1 Å². The summed E-state index contributed by atoms with van der Waals surface area (Å²) in [7, 11) is 0. The van der Waals surface area contributed by atoms with Crippen LogP contribution in [0.2, 0.25) is 0 Å². The van der Waals surface area contributed by atoms with Crippen molar-refractivity contribution in [3.05, 3.63) is 35.4 Å². The number of hydrogen-bond donors (Lipinski definition) is 4. The zero-order valence-electron chi connectivity index (χ0n) is 10.6. The standard InChI is InChI=1S/C13H18N4O2/c14-12(17-19)10-5-3-9(4-6-10)8-16-11-2-1-7-15-13(11)18/h3-6,11,16,19H,1-2,7-8H2,(H2,14,17)(H,15,18). The molecule has 1 saturated heterocycles. The summed E-state index contributed by atoms with van der Waals surface area (Å²) in [6.07, 6.45) is 1.87. The molecule has 6 nitrogen and oxygen atoms in total. The van der Waals surface area contributed by atoms with Gasteiger partial charge in [-0.2, -0.15) is 0 Å². The Morgan fingerprint density at radius 2 is 2.21 bits per heavy atom. The number of amides is 1. The average molecular weight is 262 g/mol. The predicted octanol–water partition coefficient (Wildman–Crippen LogP) is 0.149. The van der Waals surface area contributed by atoms with Gasteiger partial charge in [0.05, 0.1) is 6.04 Å². The minimum atomic E-state index is -0.113. The number of nitrogens with two attached hydrogens (primary N) is 1. The minimum Gasteiger partial charge on any atom is -0.409 e. The Balaban J connectivity index is 1.91. The molecule has 1 fully saturated rings. The van der Waals surface area contributed by atoms with Gasteiger partial charge in [0, 0.05) is 18.7 Å². The van der Waals surface area contributed by atoms with E-state index in [0.717, 1.165) is 24.9 Å². The third-order valence-corrected chi connectivity index (χ3v) is 3.20. The lowest BCUT2D eigenvalue weighted by Gasteiger charge is -2.22. The van der Waals surface area contributed by atoms with E-state index in [-0.39, 0.29) is 17.8 Å². The molecule has 1 unspecified atom stereocenters. The number of benzene rings is 1. The molecule has 0 saturated carbocycles. The third kappa shape index (κ3) is 3.45. The van der Waals surface area contributed by atoms with Gasteiger partial charge in [-0.3, -0.25) is 4.79 Å². The smallest absolute Gasteiger partial charge is 0.237 e. The van der Waals surface area contributed by atoms with Gasteiger partial charge in [0.2, 0.25) is 5.91 Å². The summed E-state index contributed by atoms with van der Waals surface area (Å²) in [5.74, 6) is 0.158. The van der Waals surface area contributed by atoms with Crippen molar-refractivity contribution >= 4 is 11.7 Å². The van der Waals surface area contributed by atoms with Crippen LogP contribution >= 0.6 is 0 Å². The van der Waals surface area contributed by atoms with Gasteiger partial charge in [0.15, 0.2) is 5.84 Å². The maximum atomic E-state index is 11.6. The lowest BCUT2D eigenvalue weighted by Crippen LogP contribution is -2.47. The van der Waals surface area contributed by atoms with Crippen LogP contribution in [0.15, 0.2) is 29.4 Å². The van der Waals surface area contributed by atoms with Crippen LogP contribution in [0.5, 0.6) is 0 Å². The Bertz CT molecular complexity index is 470. The molecule has 1 heterocycles. The highest BCUT2D eigenvalue weighted by molar-refractivity contribution is 5.96. The fraction of sp³-hybridized carbons (Fsp3) is 0.385. The van der Waals surface area contributed by atoms with E-state index >= 15 is 0 Å². The summed E-state index contributed by atoms with van der Waals surface area (Å²) in [5, 5.41) is 17.6. The summed E-state index contributed by atoms with van der Waals surface area (Å²) in [6.45, 7) is 1.39. The van der Waals surface area contributed by atoms with E-state index in [0.29, 0.717) is 12.1 Å². The summed E-state index contributed by atoms with van der Waals surface area (Å²) < 4.78 is 0. The monoisotopic (exact) mass is 262 g/mol. The largest absolute Gasteiger partial charge is 0.409 e. The molecule has 1 aromatic carbocycles. The molecule has 0 aromatic heterocycles. The quantitative estimate of drug-likeness (QED) is 0.268. The maximum absolute atomic E-state index is 11.6.